The first kappa shape index (κ1) is 15.1. The Morgan fingerprint density at radius 2 is 2.30 bits per heavy atom. The number of carbonyl (C=O) groups is 1. The van der Waals surface area contributed by atoms with E-state index in [1.807, 2.05) is 0 Å². The van der Waals surface area contributed by atoms with Crippen molar-refractivity contribution >= 4 is 23.2 Å². The number of ether oxygens (including phenoxy) is 1. The highest BCUT2D eigenvalue weighted by Gasteiger charge is 2.16. The number of hydrogen-bond acceptors (Lipinski definition) is 3. The SMILES string of the molecule is Nc1c(F)cc(Cl)cc1C(=O)NCCC1CCCCO1. The molecule has 1 amide bonds. The van der Waals surface area contributed by atoms with Gasteiger partial charge in [0, 0.05) is 18.2 Å². The molecule has 1 saturated heterocycles. The van der Waals surface area contributed by atoms with E-state index < -0.39 is 11.7 Å². The summed E-state index contributed by atoms with van der Waals surface area (Å²) in [6, 6.07) is 2.45. The average Bonchev–Trinajstić information content (AvgIpc) is 2.44. The fourth-order valence-electron chi connectivity index (χ4n) is 2.25. The van der Waals surface area contributed by atoms with Crippen LogP contribution in [0, 0.1) is 5.82 Å². The third-order valence-electron chi connectivity index (χ3n) is 3.36. The largest absolute Gasteiger partial charge is 0.396 e. The van der Waals surface area contributed by atoms with E-state index in [1.165, 1.54) is 6.07 Å². The number of nitrogen functional groups attached to an aromatic ring is 1. The van der Waals surface area contributed by atoms with Crippen molar-refractivity contribution in [2.45, 2.75) is 31.8 Å². The molecule has 1 heterocycles. The number of nitrogens with two attached hydrogens (primary N) is 1. The van der Waals surface area contributed by atoms with Crippen molar-refractivity contribution in [3.8, 4) is 0 Å². The average molecular weight is 301 g/mol. The fourth-order valence-corrected chi connectivity index (χ4v) is 2.45. The number of halogens is 2. The van der Waals surface area contributed by atoms with Gasteiger partial charge in [0.25, 0.3) is 5.91 Å². The van der Waals surface area contributed by atoms with E-state index in [-0.39, 0.29) is 22.4 Å². The zero-order valence-corrected chi connectivity index (χ0v) is 11.9. The van der Waals surface area contributed by atoms with Gasteiger partial charge in [0.05, 0.1) is 17.4 Å². The van der Waals surface area contributed by atoms with Gasteiger partial charge in [-0.05, 0) is 37.8 Å². The Morgan fingerprint density at radius 1 is 1.50 bits per heavy atom. The van der Waals surface area contributed by atoms with E-state index in [0.29, 0.717) is 6.54 Å². The lowest BCUT2D eigenvalue weighted by molar-refractivity contribution is 0.0117. The molecule has 1 aromatic rings. The summed E-state index contributed by atoms with van der Waals surface area (Å²) in [7, 11) is 0. The minimum atomic E-state index is -0.682. The van der Waals surface area contributed by atoms with Crippen LogP contribution in [0.4, 0.5) is 10.1 Å². The Kier molecular flexibility index (Phi) is 5.20. The van der Waals surface area contributed by atoms with Gasteiger partial charge in [-0.25, -0.2) is 4.39 Å². The van der Waals surface area contributed by atoms with Crippen molar-refractivity contribution in [3.05, 3.63) is 28.5 Å². The van der Waals surface area contributed by atoms with Gasteiger partial charge in [0.15, 0.2) is 0 Å². The van der Waals surface area contributed by atoms with Gasteiger partial charge in [-0.3, -0.25) is 4.79 Å². The summed E-state index contributed by atoms with van der Waals surface area (Å²) in [5, 5.41) is 2.87. The maximum Gasteiger partial charge on any atom is 0.253 e. The molecular formula is C14H18ClFN2O2. The molecule has 1 atom stereocenters. The molecule has 1 fully saturated rings. The minimum Gasteiger partial charge on any atom is -0.396 e. The molecule has 0 radical (unpaired) electrons. The topological polar surface area (TPSA) is 64.4 Å². The predicted molar refractivity (Wildman–Crippen MR) is 76.4 cm³/mol. The summed E-state index contributed by atoms with van der Waals surface area (Å²) in [6.45, 7) is 1.25. The number of anilines is 1. The van der Waals surface area contributed by atoms with Gasteiger partial charge in [0.2, 0.25) is 0 Å². The van der Waals surface area contributed by atoms with Gasteiger partial charge >= 0.3 is 0 Å². The Morgan fingerprint density at radius 3 is 3.00 bits per heavy atom. The van der Waals surface area contributed by atoms with E-state index in [4.69, 9.17) is 22.1 Å². The first-order chi connectivity index (χ1) is 9.58. The van der Waals surface area contributed by atoms with Crippen molar-refractivity contribution in [1.29, 1.82) is 0 Å². The Balaban J connectivity index is 1.88. The molecule has 1 aromatic carbocycles. The zero-order chi connectivity index (χ0) is 14.5. The lowest BCUT2D eigenvalue weighted by atomic mass is 10.1. The summed E-state index contributed by atoms with van der Waals surface area (Å²) in [4.78, 5) is 12.0. The highest BCUT2D eigenvalue weighted by molar-refractivity contribution is 6.31. The molecular weight excluding hydrogens is 283 g/mol. The predicted octanol–water partition coefficient (Wildman–Crippen LogP) is 2.75. The molecule has 0 aromatic heterocycles. The zero-order valence-electron chi connectivity index (χ0n) is 11.1. The highest BCUT2D eigenvalue weighted by Crippen LogP contribution is 2.22. The van der Waals surface area contributed by atoms with Gasteiger partial charge < -0.3 is 15.8 Å². The van der Waals surface area contributed by atoms with Crippen LogP contribution >= 0.6 is 11.6 Å². The second kappa shape index (κ2) is 6.90. The molecule has 0 aliphatic carbocycles. The molecule has 2 rings (SSSR count). The van der Waals surface area contributed by atoms with Crippen molar-refractivity contribution in [3.63, 3.8) is 0 Å². The number of hydrogen-bond donors (Lipinski definition) is 2. The fraction of sp³-hybridized carbons (Fsp3) is 0.500. The summed E-state index contributed by atoms with van der Waals surface area (Å²) in [5.41, 5.74) is 5.44. The van der Waals surface area contributed by atoms with Crippen LogP contribution in [0.1, 0.15) is 36.0 Å². The number of rotatable bonds is 4. The van der Waals surface area contributed by atoms with Gasteiger partial charge in [-0.1, -0.05) is 11.6 Å². The monoisotopic (exact) mass is 300 g/mol. The number of benzene rings is 1. The molecule has 0 saturated carbocycles. The van der Waals surface area contributed by atoms with E-state index in [1.54, 1.807) is 0 Å². The van der Waals surface area contributed by atoms with Crippen LogP contribution in [0.3, 0.4) is 0 Å². The molecule has 1 unspecified atom stereocenters. The first-order valence-electron chi connectivity index (χ1n) is 6.72. The molecule has 110 valence electrons. The molecule has 3 N–H and O–H groups in total. The third kappa shape index (κ3) is 3.84. The lowest BCUT2D eigenvalue weighted by Gasteiger charge is -2.22. The van der Waals surface area contributed by atoms with Crippen LogP contribution in [0.2, 0.25) is 5.02 Å². The molecule has 20 heavy (non-hydrogen) atoms. The van der Waals surface area contributed by atoms with Crippen LogP contribution in [0.25, 0.3) is 0 Å². The van der Waals surface area contributed by atoms with Crippen molar-refractivity contribution < 1.29 is 13.9 Å². The maximum absolute atomic E-state index is 13.4. The summed E-state index contributed by atoms with van der Waals surface area (Å²) in [6.07, 6.45) is 4.21. The summed E-state index contributed by atoms with van der Waals surface area (Å²) in [5.74, 6) is -1.10. The molecule has 1 aliphatic heterocycles. The van der Waals surface area contributed by atoms with Crippen LogP contribution in [-0.2, 0) is 4.74 Å². The van der Waals surface area contributed by atoms with Crippen molar-refractivity contribution in [2.24, 2.45) is 0 Å². The second-order valence-corrected chi connectivity index (χ2v) is 5.32. The van der Waals surface area contributed by atoms with Gasteiger partial charge in [-0.2, -0.15) is 0 Å². The standard InChI is InChI=1S/C14H18ClFN2O2/c15-9-7-11(13(17)12(16)8-9)14(19)18-5-4-10-3-1-2-6-20-10/h7-8,10H,1-6,17H2,(H,18,19). The highest BCUT2D eigenvalue weighted by atomic mass is 35.5. The van der Waals surface area contributed by atoms with E-state index in [0.717, 1.165) is 38.4 Å². The van der Waals surface area contributed by atoms with E-state index in [9.17, 15) is 9.18 Å². The molecule has 6 heteroatoms. The Bertz CT molecular complexity index is 490. The Hall–Kier alpha value is -1.33. The number of carbonyl (C=O) groups excluding carboxylic acids is 1. The summed E-state index contributed by atoms with van der Waals surface area (Å²) < 4.78 is 19.0. The molecule has 0 spiro atoms. The van der Waals surface area contributed by atoms with Crippen LogP contribution in [-0.4, -0.2) is 25.2 Å². The quantitative estimate of drug-likeness (QED) is 0.840. The van der Waals surface area contributed by atoms with Crippen molar-refractivity contribution in [2.75, 3.05) is 18.9 Å². The van der Waals surface area contributed by atoms with Crippen LogP contribution in [0.5, 0.6) is 0 Å². The number of amides is 1. The second-order valence-electron chi connectivity index (χ2n) is 4.88. The van der Waals surface area contributed by atoms with Crippen LogP contribution < -0.4 is 11.1 Å². The molecule has 1 aliphatic rings. The minimum absolute atomic E-state index is 0.0690. The first-order valence-corrected chi connectivity index (χ1v) is 7.10. The summed E-state index contributed by atoms with van der Waals surface area (Å²) >= 11 is 5.73. The van der Waals surface area contributed by atoms with E-state index >= 15 is 0 Å². The van der Waals surface area contributed by atoms with Crippen molar-refractivity contribution in [1.82, 2.24) is 5.32 Å². The lowest BCUT2D eigenvalue weighted by Crippen LogP contribution is -2.30. The third-order valence-corrected chi connectivity index (χ3v) is 3.58. The smallest absolute Gasteiger partial charge is 0.253 e. The normalized spacial score (nSPS) is 18.8. The molecule has 0 bridgehead atoms. The van der Waals surface area contributed by atoms with Gasteiger partial charge in [0.1, 0.15) is 5.82 Å². The van der Waals surface area contributed by atoms with Crippen LogP contribution in [0.15, 0.2) is 12.1 Å². The Labute approximate surface area is 122 Å². The molecule has 4 nitrogen and oxygen atoms in total. The number of nitrogens with one attached hydrogen (secondary N) is 1. The van der Waals surface area contributed by atoms with Gasteiger partial charge in [-0.15, -0.1) is 0 Å². The van der Waals surface area contributed by atoms with E-state index in [2.05, 4.69) is 5.32 Å². The maximum atomic E-state index is 13.4.